The number of sulfonamides is 1. The number of ether oxygens (including phenoxy) is 2. The van der Waals surface area contributed by atoms with Gasteiger partial charge in [-0.2, -0.15) is 5.10 Å². The van der Waals surface area contributed by atoms with Gasteiger partial charge >= 0.3 is 5.97 Å². The summed E-state index contributed by atoms with van der Waals surface area (Å²) in [4.78, 5) is 11.9. The largest absolute Gasteiger partial charge is 0.496 e. The molecule has 1 N–H and O–H groups in total. The zero-order valence-corrected chi connectivity index (χ0v) is 18.3. The van der Waals surface area contributed by atoms with Crippen LogP contribution in [0.5, 0.6) is 5.75 Å². The second-order valence-electron chi connectivity index (χ2n) is 6.95. The highest BCUT2D eigenvalue weighted by atomic mass is 32.2. The van der Waals surface area contributed by atoms with Gasteiger partial charge in [-0.15, -0.1) is 0 Å². The highest BCUT2D eigenvalue weighted by molar-refractivity contribution is 7.92. The summed E-state index contributed by atoms with van der Waals surface area (Å²) in [6.07, 6.45) is 3.49. The number of esters is 1. The van der Waals surface area contributed by atoms with E-state index in [0.717, 1.165) is 5.56 Å². The van der Waals surface area contributed by atoms with Crippen molar-refractivity contribution in [2.45, 2.75) is 18.4 Å². The standard InChI is InChI=1S/C21H20N4O6S/c1-13-6-4-7-15(21(26)30-3)19(13)32(27,28)24-20-18-16(29-2)10-14(11-17(18)31-23-20)12-25-9-5-8-22-25/h4-11H,12H2,1-3H3,(H,23,24). The van der Waals surface area contributed by atoms with Gasteiger partial charge in [-0.1, -0.05) is 17.3 Å². The molecular weight excluding hydrogens is 436 g/mol. The SMILES string of the molecule is COC(=O)c1cccc(C)c1S(=O)(=O)Nc1noc2cc(Cn3cccn3)cc(OC)c12. The van der Waals surface area contributed by atoms with E-state index >= 15 is 0 Å². The van der Waals surface area contributed by atoms with Crippen LogP contribution in [0.4, 0.5) is 5.82 Å². The molecule has 0 spiro atoms. The quantitative estimate of drug-likeness (QED) is 0.421. The molecule has 0 amide bonds. The summed E-state index contributed by atoms with van der Waals surface area (Å²) in [6.45, 7) is 2.05. The normalized spacial score (nSPS) is 11.5. The van der Waals surface area contributed by atoms with E-state index in [0.29, 0.717) is 28.8 Å². The number of hydrogen-bond acceptors (Lipinski definition) is 8. The molecule has 4 rings (SSSR count). The van der Waals surface area contributed by atoms with Crippen molar-refractivity contribution in [3.63, 3.8) is 0 Å². The van der Waals surface area contributed by atoms with Crippen molar-refractivity contribution in [2.24, 2.45) is 0 Å². The van der Waals surface area contributed by atoms with Crippen LogP contribution in [-0.2, 0) is 21.3 Å². The van der Waals surface area contributed by atoms with Crippen LogP contribution in [-0.4, -0.2) is 43.5 Å². The molecule has 0 saturated carbocycles. The Balaban J connectivity index is 1.76. The van der Waals surface area contributed by atoms with Crippen LogP contribution in [0.25, 0.3) is 11.0 Å². The summed E-state index contributed by atoms with van der Waals surface area (Å²) in [6, 6.07) is 9.85. The summed E-state index contributed by atoms with van der Waals surface area (Å²) >= 11 is 0. The van der Waals surface area contributed by atoms with E-state index in [1.165, 1.54) is 20.3 Å². The molecule has 0 fully saturated rings. The molecular formula is C21H20N4O6S. The summed E-state index contributed by atoms with van der Waals surface area (Å²) < 4.78 is 46.2. The number of aryl methyl sites for hydroxylation is 1. The van der Waals surface area contributed by atoms with Gasteiger partial charge in [0.1, 0.15) is 16.0 Å². The number of carbonyl (C=O) groups excluding carboxylic acids is 1. The number of methoxy groups -OCH3 is 2. The molecule has 0 radical (unpaired) electrons. The van der Waals surface area contributed by atoms with E-state index in [1.807, 2.05) is 12.3 Å². The number of nitrogens with zero attached hydrogens (tertiary/aromatic N) is 3. The highest BCUT2D eigenvalue weighted by Gasteiger charge is 2.28. The Labute approximate surface area is 183 Å². The molecule has 0 bridgehead atoms. The van der Waals surface area contributed by atoms with Crippen molar-refractivity contribution in [3.05, 3.63) is 65.5 Å². The monoisotopic (exact) mass is 456 g/mol. The van der Waals surface area contributed by atoms with E-state index in [2.05, 4.69) is 15.0 Å². The summed E-state index contributed by atoms with van der Waals surface area (Å²) in [7, 11) is -1.56. The molecule has 0 aliphatic heterocycles. The second kappa shape index (κ2) is 8.35. The molecule has 2 aromatic carbocycles. The van der Waals surface area contributed by atoms with Crippen molar-refractivity contribution < 1.29 is 27.2 Å². The van der Waals surface area contributed by atoms with Crippen LogP contribution in [0, 0.1) is 6.92 Å². The Bertz CT molecular complexity index is 1390. The number of rotatable bonds is 7. The average Bonchev–Trinajstić information content (AvgIpc) is 3.42. The highest BCUT2D eigenvalue weighted by Crippen LogP contribution is 2.35. The van der Waals surface area contributed by atoms with Gasteiger partial charge in [-0.05, 0) is 42.3 Å². The minimum atomic E-state index is -4.21. The van der Waals surface area contributed by atoms with Gasteiger partial charge in [0.25, 0.3) is 10.0 Å². The summed E-state index contributed by atoms with van der Waals surface area (Å²) in [5, 5.41) is 8.42. The van der Waals surface area contributed by atoms with Crippen molar-refractivity contribution in [1.29, 1.82) is 0 Å². The molecule has 166 valence electrons. The van der Waals surface area contributed by atoms with Crippen LogP contribution in [0.3, 0.4) is 0 Å². The Hall–Kier alpha value is -3.86. The molecule has 11 heteroatoms. The third-order valence-corrected chi connectivity index (χ3v) is 6.38. The van der Waals surface area contributed by atoms with Crippen LogP contribution < -0.4 is 9.46 Å². The molecule has 0 aliphatic carbocycles. The lowest BCUT2D eigenvalue weighted by Crippen LogP contribution is -2.19. The van der Waals surface area contributed by atoms with Crippen LogP contribution in [0.2, 0.25) is 0 Å². The van der Waals surface area contributed by atoms with Gasteiger partial charge in [0.15, 0.2) is 11.4 Å². The summed E-state index contributed by atoms with van der Waals surface area (Å²) in [5.41, 5.74) is 1.46. The minimum absolute atomic E-state index is 0.0541. The zero-order chi connectivity index (χ0) is 22.9. The van der Waals surface area contributed by atoms with E-state index in [4.69, 9.17) is 14.0 Å². The number of fused-ring (bicyclic) bond motifs is 1. The first-order valence-electron chi connectivity index (χ1n) is 9.48. The third-order valence-electron chi connectivity index (χ3n) is 4.84. The van der Waals surface area contributed by atoms with E-state index < -0.39 is 16.0 Å². The lowest BCUT2D eigenvalue weighted by atomic mass is 10.1. The van der Waals surface area contributed by atoms with E-state index in [-0.39, 0.29) is 16.3 Å². The molecule has 32 heavy (non-hydrogen) atoms. The minimum Gasteiger partial charge on any atom is -0.496 e. The number of aromatic nitrogens is 3. The smallest absolute Gasteiger partial charge is 0.339 e. The fourth-order valence-electron chi connectivity index (χ4n) is 3.45. The maximum atomic E-state index is 13.2. The average molecular weight is 456 g/mol. The second-order valence-corrected chi connectivity index (χ2v) is 8.57. The fourth-order valence-corrected chi connectivity index (χ4v) is 4.88. The number of nitrogens with one attached hydrogen (secondary N) is 1. The maximum Gasteiger partial charge on any atom is 0.339 e. The molecule has 2 heterocycles. The Morgan fingerprint density at radius 2 is 2.03 bits per heavy atom. The Morgan fingerprint density at radius 3 is 2.72 bits per heavy atom. The van der Waals surface area contributed by atoms with E-state index in [9.17, 15) is 13.2 Å². The van der Waals surface area contributed by atoms with Crippen molar-refractivity contribution in [3.8, 4) is 5.75 Å². The zero-order valence-electron chi connectivity index (χ0n) is 17.5. The molecule has 4 aromatic rings. The number of benzene rings is 2. The molecule has 2 aromatic heterocycles. The Morgan fingerprint density at radius 1 is 1.22 bits per heavy atom. The van der Waals surface area contributed by atoms with Crippen molar-refractivity contribution in [1.82, 2.24) is 14.9 Å². The fraction of sp³-hybridized carbons (Fsp3) is 0.190. The maximum absolute atomic E-state index is 13.2. The lowest BCUT2D eigenvalue weighted by molar-refractivity contribution is 0.0596. The number of hydrogen-bond donors (Lipinski definition) is 1. The number of carbonyl (C=O) groups is 1. The van der Waals surface area contributed by atoms with E-state index in [1.54, 1.807) is 42.1 Å². The summed E-state index contributed by atoms with van der Waals surface area (Å²) in [5.74, 6) is -0.442. The first-order valence-corrected chi connectivity index (χ1v) is 11.0. The molecule has 0 unspecified atom stereocenters. The van der Waals surface area contributed by atoms with Crippen LogP contribution in [0.15, 0.2) is 58.2 Å². The topological polar surface area (TPSA) is 126 Å². The predicted molar refractivity (Wildman–Crippen MR) is 115 cm³/mol. The third kappa shape index (κ3) is 3.89. The molecule has 10 nitrogen and oxygen atoms in total. The lowest BCUT2D eigenvalue weighted by Gasteiger charge is -2.13. The van der Waals surface area contributed by atoms with Gasteiger partial charge in [0.2, 0.25) is 0 Å². The molecule has 0 saturated heterocycles. The van der Waals surface area contributed by atoms with Crippen LogP contribution >= 0.6 is 0 Å². The van der Waals surface area contributed by atoms with Gasteiger partial charge in [0, 0.05) is 12.4 Å². The van der Waals surface area contributed by atoms with Crippen molar-refractivity contribution >= 4 is 32.8 Å². The first-order chi connectivity index (χ1) is 15.3. The number of anilines is 1. The first kappa shape index (κ1) is 21.4. The van der Waals surface area contributed by atoms with Crippen LogP contribution in [0.1, 0.15) is 21.5 Å². The van der Waals surface area contributed by atoms with Gasteiger partial charge in [0.05, 0.1) is 26.3 Å². The van der Waals surface area contributed by atoms with Gasteiger partial charge < -0.3 is 14.0 Å². The van der Waals surface area contributed by atoms with Crippen molar-refractivity contribution in [2.75, 3.05) is 18.9 Å². The predicted octanol–water partition coefficient (Wildman–Crippen LogP) is 2.98. The van der Waals surface area contributed by atoms with Gasteiger partial charge in [-0.3, -0.25) is 9.40 Å². The Kier molecular flexibility index (Phi) is 5.57. The molecule has 0 aliphatic rings. The molecule has 0 atom stereocenters. The van der Waals surface area contributed by atoms with Gasteiger partial charge in [-0.25, -0.2) is 13.2 Å².